The lowest BCUT2D eigenvalue weighted by Gasteiger charge is -2.14. The molecule has 0 aliphatic rings. The number of nitrogens with one attached hydrogen (secondary N) is 2. The minimum atomic E-state index is -3.56. The van der Waals surface area contributed by atoms with Crippen molar-refractivity contribution in [1.82, 2.24) is 5.32 Å². The summed E-state index contributed by atoms with van der Waals surface area (Å²) in [5.74, 6) is 0. The van der Waals surface area contributed by atoms with Gasteiger partial charge < -0.3 is 10.2 Å². The fourth-order valence-corrected chi connectivity index (χ4v) is 4.42. The van der Waals surface area contributed by atoms with E-state index in [-0.39, 0.29) is 0 Å². The average Bonchev–Trinajstić information content (AvgIpc) is 2.88. The fraction of sp³-hybridized carbons (Fsp3) is 0.286. The van der Waals surface area contributed by atoms with Crippen molar-refractivity contribution < 1.29 is 8.42 Å². The lowest BCUT2D eigenvalue weighted by molar-refractivity contribution is 0.600. The summed E-state index contributed by atoms with van der Waals surface area (Å²) < 4.78 is 27.6. The maximum Gasteiger partial charge on any atom is 0.263 e. The molecule has 0 aliphatic heterocycles. The molecule has 0 unspecified atom stereocenters. The van der Waals surface area contributed by atoms with Crippen LogP contribution in [0.4, 0.5) is 11.4 Å². The van der Waals surface area contributed by atoms with E-state index in [4.69, 9.17) is 0 Å². The highest BCUT2D eigenvalue weighted by molar-refractivity contribution is 7.93. The molecule has 1 aromatic heterocycles. The van der Waals surface area contributed by atoms with Gasteiger partial charge in [-0.2, -0.15) is 0 Å². The molecule has 0 atom stereocenters. The van der Waals surface area contributed by atoms with Crippen molar-refractivity contribution in [3.05, 3.63) is 40.6 Å². The summed E-state index contributed by atoms with van der Waals surface area (Å²) >= 11 is 1.43. The van der Waals surface area contributed by atoms with Gasteiger partial charge in [0.25, 0.3) is 10.0 Å². The third kappa shape index (κ3) is 3.75. The molecule has 0 aliphatic carbocycles. The van der Waals surface area contributed by atoms with Crippen molar-refractivity contribution in [2.24, 2.45) is 0 Å². The van der Waals surface area contributed by atoms with E-state index in [9.17, 15) is 8.42 Å². The third-order valence-electron chi connectivity index (χ3n) is 2.95. The van der Waals surface area contributed by atoms with Crippen molar-refractivity contribution in [3.63, 3.8) is 0 Å². The zero-order valence-electron chi connectivity index (χ0n) is 12.3. The van der Waals surface area contributed by atoms with Crippen LogP contribution in [0.15, 0.2) is 40.6 Å². The maximum absolute atomic E-state index is 12.5. The van der Waals surface area contributed by atoms with Gasteiger partial charge in [-0.25, -0.2) is 8.42 Å². The van der Waals surface area contributed by atoms with Gasteiger partial charge in [0.05, 0.1) is 5.69 Å². The van der Waals surface area contributed by atoms with E-state index in [0.29, 0.717) is 17.1 Å². The summed E-state index contributed by atoms with van der Waals surface area (Å²) in [5.41, 5.74) is 1.50. The molecule has 5 nitrogen and oxygen atoms in total. The molecule has 0 fully saturated rings. The normalized spacial score (nSPS) is 11.4. The Hall–Kier alpha value is -1.57. The predicted octanol–water partition coefficient (Wildman–Crippen LogP) is 2.33. The van der Waals surface area contributed by atoms with Crippen molar-refractivity contribution >= 4 is 32.7 Å². The Morgan fingerprint density at radius 2 is 2.00 bits per heavy atom. The topological polar surface area (TPSA) is 61.4 Å². The zero-order valence-corrected chi connectivity index (χ0v) is 13.9. The molecule has 2 rings (SSSR count). The molecule has 2 N–H and O–H groups in total. The van der Waals surface area contributed by atoms with Gasteiger partial charge in [-0.05, 0) is 36.7 Å². The van der Waals surface area contributed by atoms with Crippen molar-refractivity contribution in [3.8, 4) is 0 Å². The molecule has 0 bridgehead atoms. The smallest absolute Gasteiger partial charge is 0.263 e. The molecular weight excluding hydrogens is 306 g/mol. The van der Waals surface area contributed by atoms with E-state index < -0.39 is 10.0 Å². The predicted molar refractivity (Wildman–Crippen MR) is 88.7 cm³/mol. The summed E-state index contributed by atoms with van der Waals surface area (Å²) in [5, 5.41) is 4.77. The van der Waals surface area contributed by atoms with Crippen LogP contribution in [0.2, 0.25) is 0 Å². The maximum atomic E-state index is 12.5. The number of nitrogens with zero attached hydrogens (tertiary/aromatic N) is 1. The van der Waals surface area contributed by atoms with Gasteiger partial charge >= 0.3 is 0 Å². The molecule has 0 spiro atoms. The zero-order chi connectivity index (χ0) is 15.5. The van der Waals surface area contributed by atoms with Crippen LogP contribution in [0, 0.1) is 0 Å². The number of rotatable bonds is 6. The second-order valence-corrected chi connectivity index (χ2v) is 7.44. The van der Waals surface area contributed by atoms with E-state index in [0.717, 1.165) is 10.6 Å². The van der Waals surface area contributed by atoms with Gasteiger partial charge in [-0.1, -0.05) is 6.07 Å². The van der Waals surface area contributed by atoms with Crippen LogP contribution < -0.4 is 14.9 Å². The number of sulfonamides is 1. The van der Waals surface area contributed by atoms with Crippen LogP contribution >= 0.6 is 11.3 Å². The van der Waals surface area contributed by atoms with E-state index in [1.165, 1.54) is 11.3 Å². The van der Waals surface area contributed by atoms with Crippen molar-refractivity contribution in [2.75, 3.05) is 30.8 Å². The number of hydrogen-bond acceptors (Lipinski definition) is 5. The number of anilines is 2. The molecule has 1 heterocycles. The van der Waals surface area contributed by atoms with E-state index in [2.05, 4.69) is 10.0 Å². The number of benzene rings is 1. The molecule has 0 saturated heterocycles. The van der Waals surface area contributed by atoms with Crippen LogP contribution in [0.3, 0.4) is 0 Å². The number of hydrogen-bond donors (Lipinski definition) is 2. The first-order valence-electron chi connectivity index (χ1n) is 6.45. The average molecular weight is 325 g/mol. The van der Waals surface area contributed by atoms with Gasteiger partial charge in [-0.15, -0.1) is 11.3 Å². The molecule has 21 heavy (non-hydrogen) atoms. The van der Waals surface area contributed by atoms with Gasteiger partial charge in [-0.3, -0.25) is 4.72 Å². The number of thiophene rings is 1. The lowest BCUT2D eigenvalue weighted by atomic mass is 10.3. The molecule has 0 amide bonds. The van der Waals surface area contributed by atoms with Crippen LogP contribution in [0.1, 0.15) is 4.88 Å². The summed E-state index contributed by atoms with van der Waals surface area (Å²) in [7, 11) is 2.06. The summed E-state index contributed by atoms with van der Waals surface area (Å²) in [6.45, 7) is 0.533. The van der Waals surface area contributed by atoms with Gasteiger partial charge in [0.1, 0.15) is 4.90 Å². The molecule has 7 heteroatoms. The minimum Gasteiger partial charge on any atom is -0.378 e. The fourth-order valence-electron chi connectivity index (χ4n) is 1.92. The van der Waals surface area contributed by atoms with E-state index >= 15 is 0 Å². The summed E-state index contributed by atoms with van der Waals surface area (Å²) in [6, 6.07) is 8.94. The van der Waals surface area contributed by atoms with E-state index in [1.54, 1.807) is 24.6 Å². The molecular formula is C14H19N3O2S2. The Morgan fingerprint density at radius 3 is 2.67 bits per heavy atom. The standard InChI is InChI=1S/C14H19N3O2S2/c1-15-10-13-14(7-8-20-13)21(18,19)16-11-5-4-6-12(9-11)17(2)3/h4-9,15-16H,10H2,1-3H3. The Bertz CT molecular complexity index is 709. The Labute approximate surface area is 129 Å². The first-order valence-corrected chi connectivity index (χ1v) is 8.81. The summed E-state index contributed by atoms with van der Waals surface area (Å²) in [4.78, 5) is 3.06. The first kappa shape index (κ1) is 15.8. The van der Waals surface area contributed by atoms with Gasteiger partial charge in [0.15, 0.2) is 0 Å². The van der Waals surface area contributed by atoms with Crippen LogP contribution in [0.5, 0.6) is 0 Å². The molecule has 0 radical (unpaired) electrons. The Kier molecular flexibility index (Phi) is 4.87. The molecule has 2 aromatic rings. The third-order valence-corrected chi connectivity index (χ3v) is 5.46. The van der Waals surface area contributed by atoms with Gasteiger partial charge in [0, 0.05) is 31.2 Å². The van der Waals surface area contributed by atoms with Crippen LogP contribution in [0.25, 0.3) is 0 Å². The molecule has 1 aromatic carbocycles. The van der Waals surface area contributed by atoms with Crippen LogP contribution in [-0.4, -0.2) is 29.6 Å². The van der Waals surface area contributed by atoms with Gasteiger partial charge in [0.2, 0.25) is 0 Å². The van der Waals surface area contributed by atoms with Crippen LogP contribution in [-0.2, 0) is 16.6 Å². The first-order chi connectivity index (χ1) is 9.94. The highest BCUT2D eigenvalue weighted by Crippen LogP contribution is 2.25. The molecule has 0 saturated carbocycles. The second kappa shape index (κ2) is 6.46. The summed E-state index contributed by atoms with van der Waals surface area (Å²) in [6.07, 6.45) is 0. The highest BCUT2D eigenvalue weighted by Gasteiger charge is 2.19. The monoisotopic (exact) mass is 325 g/mol. The lowest BCUT2D eigenvalue weighted by Crippen LogP contribution is -2.16. The second-order valence-electron chi connectivity index (χ2n) is 4.79. The highest BCUT2D eigenvalue weighted by atomic mass is 32.2. The van der Waals surface area contributed by atoms with Crippen molar-refractivity contribution in [2.45, 2.75) is 11.4 Å². The quantitative estimate of drug-likeness (QED) is 0.856. The molecule has 114 valence electrons. The largest absolute Gasteiger partial charge is 0.378 e. The SMILES string of the molecule is CNCc1sccc1S(=O)(=O)Nc1cccc(N(C)C)c1. The Morgan fingerprint density at radius 1 is 1.24 bits per heavy atom. The van der Waals surface area contributed by atoms with E-state index in [1.807, 2.05) is 37.2 Å². The van der Waals surface area contributed by atoms with Crippen molar-refractivity contribution in [1.29, 1.82) is 0 Å². The Balaban J connectivity index is 2.29. The minimum absolute atomic E-state index is 0.331.